The van der Waals surface area contributed by atoms with E-state index in [2.05, 4.69) is 5.32 Å². The first-order valence-electron chi connectivity index (χ1n) is 7.44. The quantitative estimate of drug-likeness (QED) is 0.568. The minimum Gasteiger partial charge on any atom is -0.386 e. The molecule has 0 fully saturated rings. The molecule has 7 heteroatoms. The standard InChI is InChI=1S/C18H16Cl2FNO3/c19-17(20)18(25)22-15(9-21)16(24)14-7-5-13(6-8-14)12-3-1-11(10-23)2-4-12/h1-8,10,15-17,24H,9H2,(H,22,25). The van der Waals surface area contributed by atoms with Crippen LogP contribution in [0.15, 0.2) is 48.5 Å². The van der Waals surface area contributed by atoms with Crippen molar-refractivity contribution in [2.75, 3.05) is 6.67 Å². The highest BCUT2D eigenvalue weighted by Gasteiger charge is 2.25. The third-order valence-corrected chi connectivity index (χ3v) is 4.10. The Bertz CT molecular complexity index is 720. The number of alkyl halides is 3. The summed E-state index contributed by atoms with van der Waals surface area (Å²) in [6.07, 6.45) is -0.478. The molecule has 0 saturated carbocycles. The Morgan fingerprint density at radius 3 is 2.04 bits per heavy atom. The Morgan fingerprint density at radius 1 is 1.08 bits per heavy atom. The molecule has 0 aliphatic rings. The van der Waals surface area contributed by atoms with Gasteiger partial charge in [0.1, 0.15) is 19.1 Å². The molecule has 0 radical (unpaired) electrons. The van der Waals surface area contributed by atoms with Crippen molar-refractivity contribution < 1.29 is 19.1 Å². The smallest absolute Gasteiger partial charge is 0.253 e. The van der Waals surface area contributed by atoms with Gasteiger partial charge < -0.3 is 10.4 Å². The molecule has 2 rings (SSSR count). The highest BCUT2D eigenvalue weighted by Crippen LogP contribution is 2.24. The van der Waals surface area contributed by atoms with Gasteiger partial charge in [0.2, 0.25) is 0 Å². The van der Waals surface area contributed by atoms with Crippen LogP contribution in [0.25, 0.3) is 11.1 Å². The number of hydrogen-bond donors (Lipinski definition) is 2. The van der Waals surface area contributed by atoms with Crippen LogP contribution < -0.4 is 5.32 Å². The van der Waals surface area contributed by atoms with Gasteiger partial charge in [0.15, 0.2) is 4.84 Å². The van der Waals surface area contributed by atoms with Crippen LogP contribution in [0.5, 0.6) is 0 Å². The second-order valence-electron chi connectivity index (χ2n) is 5.38. The van der Waals surface area contributed by atoms with Crippen molar-refractivity contribution in [1.82, 2.24) is 5.32 Å². The average molecular weight is 384 g/mol. The predicted molar refractivity (Wildman–Crippen MR) is 95.6 cm³/mol. The van der Waals surface area contributed by atoms with Crippen molar-refractivity contribution in [3.8, 4) is 11.1 Å². The zero-order valence-electron chi connectivity index (χ0n) is 13.0. The number of carbonyl (C=O) groups excluding carboxylic acids is 2. The van der Waals surface area contributed by atoms with Gasteiger partial charge >= 0.3 is 0 Å². The summed E-state index contributed by atoms with van der Waals surface area (Å²) in [4.78, 5) is 20.8. The van der Waals surface area contributed by atoms with E-state index in [1.807, 2.05) is 0 Å². The van der Waals surface area contributed by atoms with Gasteiger partial charge in [-0.2, -0.15) is 0 Å². The summed E-state index contributed by atoms with van der Waals surface area (Å²) in [7, 11) is 0. The Labute approximate surface area is 154 Å². The van der Waals surface area contributed by atoms with Crippen LogP contribution in [-0.2, 0) is 4.79 Å². The maximum Gasteiger partial charge on any atom is 0.253 e. The zero-order chi connectivity index (χ0) is 18.4. The summed E-state index contributed by atoms with van der Waals surface area (Å²) in [6.45, 7) is -0.970. The Balaban J connectivity index is 2.14. The number of benzene rings is 2. The first-order valence-corrected chi connectivity index (χ1v) is 8.31. The number of rotatable bonds is 7. The minimum absolute atomic E-state index is 0.442. The molecule has 2 atom stereocenters. The first kappa shape index (κ1) is 19.4. The van der Waals surface area contributed by atoms with Crippen molar-refractivity contribution in [1.29, 1.82) is 0 Å². The molecule has 0 aromatic heterocycles. The molecule has 0 aliphatic heterocycles. The van der Waals surface area contributed by atoms with Crippen molar-refractivity contribution in [3.05, 3.63) is 59.7 Å². The number of aliphatic hydroxyl groups is 1. The number of halogens is 3. The molecule has 25 heavy (non-hydrogen) atoms. The van der Waals surface area contributed by atoms with Crippen LogP contribution in [0.1, 0.15) is 22.0 Å². The Kier molecular flexibility index (Phi) is 6.93. The maximum absolute atomic E-state index is 13.1. The number of amides is 1. The highest BCUT2D eigenvalue weighted by atomic mass is 35.5. The van der Waals surface area contributed by atoms with Crippen LogP contribution in [0.3, 0.4) is 0 Å². The lowest BCUT2D eigenvalue weighted by Gasteiger charge is -2.22. The van der Waals surface area contributed by atoms with Crippen molar-refractivity contribution in [2.45, 2.75) is 17.0 Å². The molecule has 4 nitrogen and oxygen atoms in total. The van der Waals surface area contributed by atoms with E-state index in [0.717, 1.165) is 17.4 Å². The number of carbonyl (C=O) groups is 2. The molecule has 132 valence electrons. The third-order valence-electron chi connectivity index (χ3n) is 3.71. The molecule has 2 aromatic carbocycles. The van der Waals surface area contributed by atoms with Gasteiger partial charge in [0.05, 0.1) is 6.04 Å². The first-order chi connectivity index (χ1) is 12.0. The van der Waals surface area contributed by atoms with E-state index >= 15 is 0 Å². The topological polar surface area (TPSA) is 66.4 Å². The number of nitrogens with one attached hydrogen (secondary N) is 1. The lowest BCUT2D eigenvalue weighted by Crippen LogP contribution is -2.43. The average Bonchev–Trinajstić information content (AvgIpc) is 2.65. The third kappa shape index (κ3) is 5.01. The van der Waals surface area contributed by atoms with Gasteiger partial charge in [-0.3, -0.25) is 9.59 Å². The number of aliphatic hydroxyl groups excluding tert-OH is 1. The molecule has 2 unspecified atom stereocenters. The van der Waals surface area contributed by atoms with E-state index in [1.54, 1.807) is 48.5 Å². The number of aldehydes is 1. The molecule has 0 saturated heterocycles. The van der Waals surface area contributed by atoms with Crippen LogP contribution >= 0.6 is 23.2 Å². The highest BCUT2D eigenvalue weighted by molar-refractivity contribution is 6.53. The van der Waals surface area contributed by atoms with Crippen LogP contribution in [0, 0.1) is 0 Å². The summed E-state index contributed by atoms with van der Waals surface area (Å²) in [5.41, 5.74) is 2.79. The fourth-order valence-corrected chi connectivity index (χ4v) is 2.43. The van der Waals surface area contributed by atoms with Crippen LogP contribution in [0.2, 0.25) is 0 Å². The van der Waals surface area contributed by atoms with Crippen molar-refractivity contribution >= 4 is 35.4 Å². The van der Waals surface area contributed by atoms with Gasteiger partial charge in [-0.15, -0.1) is 0 Å². The number of hydrogen-bond acceptors (Lipinski definition) is 3. The summed E-state index contributed by atoms with van der Waals surface area (Å²) >= 11 is 10.8. The lowest BCUT2D eigenvalue weighted by molar-refractivity contribution is -0.121. The summed E-state index contributed by atoms with van der Waals surface area (Å²) < 4.78 is 13.1. The fourth-order valence-electron chi connectivity index (χ4n) is 2.31. The van der Waals surface area contributed by atoms with Gasteiger partial charge in [-0.05, 0) is 16.7 Å². The van der Waals surface area contributed by atoms with E-state index < -0.39 is 29.6 Å². The molecule has 1 amide bonds. The monoisotopic (exact) mass is 383 g/mol. The van der Waals surface area contributed by atoms with E-state index in [4.69, 9.17) is 23.2 Å². The minimum atomic E-state index is -1.34. The second-order valence-corrected chi connectivity index (χ2v) is 6.47. The van der Waals surface area contributed by atoms with E-state index in [0.29, 0.717) is 11.1 Å². The van der Waals surface area contributed by atoms with Crippen molar-refractivity contribution in [2.24, 2.45) is 0 Å². The molecule has 0 bridgehead atoms. The van der Waals surface area contributed by atoms with E-state index in [-0.39, 0.29) is 0 Å². The Hall–Kier alpha value is -1.95. The summed E-state index contributed by atoms with van der Waals surface area (Å²) in [6, 6.07) is 12.7. The SMILES string of the molecule is O=Cc1ccc(-c2ccc(C(O)C(CF)NC(=O)C(Cl)Cl)cc2)cc1. The fraction of sp³-hybridized carbons (Fsp3) is 0.222. The van der Waals surface area contributed by atoms with Gasteiger partial charge in [-0.1, -0.05) is 71.7 Å². The van der Waals surface area contributed by atoms with Crippen LogP contribution in [-0.4, -0.2) is 34.9 Å². The molecule has 0 heterocycles. The zero-order valence-corrected chi connectivity index (χ0v) is 14.5. The molecule has 2 aromatic rings. The normalized spacial score (nSPS) is 13.3. The molecular formula is C18H16Cl2FNO3. The van der Waals surface area contributed by atoms with Gasteiger partial charge in [0, 0.05) is 5.56 Å². The summed E-state index contributed by atoms with van der Waals surface area (Å²) in [5, 5.41) is 12.5. The second kappa shape index (κ2) is 8.94. The van der Waals surface area contributed by atoms with Crippen molar-refractivity contribution in [3.63, 3.8) is 0 Å². The molecule has 0 aliphatic carbocycles. The molecule has 0 spiro atoms. The van der Waals surface area contributed by atoms with E-state index in [9.17, 15) is 19.1 Å². The Morgan fingerprint density at radius 2 is 1.60 bits per heavy atom. The lowest BCUT2D eigenvalue weighted by atomic mass is 9.98. The maximum atomic E-state index is 13.1. The predicted octanol–water partition coefficient (Wildman–Crippen LogP) is 3.46. The van der Waals surface area contributed by atoms with Gasteiger partial charge in [-0.25, -0.2) is 4.39 Å². The van der Waals surface area contributed by atoms with Crippen LogP contribution in [0.4, 0.5) is 4.39 Å². The van der Waals surface area contributed by atoms with Gasteiger partial charge in [0.25, 0.3) is 5.91 Å². The largest absolute Gasteiger partial charge is 0.386 e. The van der Waals surface area contributed by atoms with E-state index in [1.165, 1.54) is 0 Å². The molecular weight excluding hydrogens is 368 g/mol. The summed E-state index contributed by atoms with van der Waals surface area (Å²) in [5.74, 6) is -0.767. The molecule has 2 N–H and O–H groups in total.